The van der Waals surface area contributed by atoms with E-state index in [9.17, 15) is 4.79 Å². The van der Waals surface area contributed by atoms with Crippen LogP contribution in [0.25, 0.3) is 0 Å². The molecule has 2 heteroatoms. The van der Waals surface area contributed by atoms with Gasteiger partial charge in [-0.25, -0.2) is 4.79 Å². The first kappa shape index (κ1) is 11.7. The topological polar surface area (TPSA) is 26.3 Å². The largest absolute Gasteiger partial charge is 0.455 e. The van der Waals surface area contributed by atoms with Gasteiger partial charge >= 0.3 is 5.97 Å². The normalized spacial score (nSPS) is 39.5. The Morgan fingerprint density at radius 1 is 1.44 bits per heavy atom. The second-order valence-corrected chi connectivity index (χ2v) is 5.92. The van der Waals surface area contributed by atoms with Gasteiger partial charge in [0.05, 0.1) is 0 Å². The van der Waals surface area contributed by atoms with Gasteiger partial charge in [0, 0.05) is 12.0 Å². The summed E-state index contributed by atoms with van der Waals surface area (Å²) in [6.45, 7) is 10.6. The van der Waals surface area contributed by atoms with Gasteiger partial charge in [0.25, 0.3) is 0 Å². The van der Waals surface area contributed by atoms with E-state index in [1.54, 1.807) is 0 Å². The predicted molar refractivity (Wildman–Crippen MR) is 63.9 cm³/mol. The molecule has 2 nitrogen and oxygen atoms in total. The van der Waals surface area contributed by atoms with Crippen molar-refractivity contribution in [2.24, 2.45) is 17.8 Å². The van der Waals surface area contributed by atoms with Crippen molar-refractivity contribution in [3.05, 3.63) is 12.2 Å². The molecule has 1 heterocycles. The van der Waals surface area contributed by atoms with Gasteiger partial charge < -0.3 is 4.74 Å². The molecule has 2 aliphatic rings. The van der Waals surface area contributed by atoms with Crippen molar-refractivity contribution < 1.29 is 9.53 Å². The van der Waals surface area contributed by atoms with Crippen molar-refractivity contribution in [3.63, 3.8) is 0 Å². The fourth-order valence-electron chi connectivity index (χ4n) is 3.16. The van der Waals surface area contributed by atoms with Crippen molar-refractivity contribution in [2.45, 2.75) is 52.1 Å². The summed E-state index contributed by atoms with van der Waals surface area (Å²) in [4.78, 5) is 11.5. The minimum Gasteiger partial charge on any atom is -0.455 e. The van der Waals surface area contributed by atoms with E-state index in [1.165, 1.54) is 12.8 Å². The van der Waals surface area contributed by atoms with Crippen LogP contribution in [0.15, 0.2) is 12.2 Å². The van der Waals surface area contributed by atoms with E-state index in [0.29, 0.717) is 23.3 Å². The second kappa shape index (κ2) is 3.90. The number of carbonyl (C=O) groups is 1. The number of hydrogen-bond acceptors (Lipinski definition) is 2. The molecule has 0 aromatic carbocycles. The smallest absolute Gasteiger partial charge is 0.334 e. The van der Waals surface area contributed by atoms with Crippen LogP contribution in [0.5, 0.6) is 0 Å². The zero-order valence-corrected chi connectivity index (χ0v) is 10.6. The molecule has 2 rings (SSSR count). The molecule has 1 aliphatic heterocycles. The third-order valence-electron chi connectivity index (χ3n) is 4.52. The summed E-state index contributed by atoms with van der Waals surface area (Å²) in [5.41, 5.74) is 0.442. The quantitative estimate of drug-likeness (QED) is 0.502. The van der Waals surface area contributed by atoms with E-state index < -0.39 is 0 Å². The maximum Gasteiger partial charge on any atom is 0.334 e. The first-order valence-electron chi connectivity index (χ1n) is 6.36. The predicted octanol–water partition coefficient (Wildman–Crippen LogP) is 3.32. The Kier molecular flexibility index (Phi) is 2.85. The molecule has 90 valence electrons. The molecule has 16 heavy (non-hydrogen) atoms. The Balaban J connectivity index is 2.18. The van der Waals surface area contributed by atoms with E-state index in [2.05, 4.69) is 27.4 Å². The lowest BCUT2D eigenvalue weighted by molar-refractivity contribution is -0.156. The van der Waals surface area contributed by atoms with Gasteiger partial charge in [-0.05, 0) is 37.0 Å². The summed E-state index contributed by atoms with van der Waals surface area (Å²) in [6, 6.07) is 0. The lowest BCUT2D eigenvalue weighted by Gasteiger charge is -2.42. The highest BCUT2D eigenvalue weighted by molar-refractivity contribution is 5.90. The van der Waals surface area contributed by atoms with Crippen molar-refractivity contribution in [3.8, 4) is 0 Å². The minimum atomic E-state index is -0.221. The molecule has 1 saturated heterocycles. The number of ether oxygens (including phenoxy) is 1. The van der Waals surface area contributed by atoms with Crippen LogP contribution in [0.4, 0.5) is 0 Å². The molecule has 1 aliphatic carbocycles. The number of hydrogen-bond donors (Lipinski definition) is 0. The zero-order valence-electron chi connectivity index (χ0n) is 10.6. The molecule has 0 radical (unpaired) electrons. The highest BCUT2D eigenvalue weighted by Gasteiger charge is 2.50. The second-order valence-electron chi connectivity index (χ2n) is 5.92. The first-order chi connectivity index (χ1) is 7.44. The molecule has 0 N–H and O–H groups in total. The third kappa shape index (κ3) is 1.79. The number of carbonyl (C=O) groups excluding carboxylic acids is 1. The van der Waals surface area contributed by atoms with Gasteiger partial charge in [0.1, 0.15) is 5.60 Å². The summed E-state index contributed by atoms with van der Waals surface area (Å²) < 4.78 is 5.66. The number of esters is 1. The molecular weight excluding hydrogens is 200 g/mol. The summed E-state index contributed by atoms with van der Waals surface area (Å²) in [7, 11) is 0. The van der Waals surface area contributed by atoms with Crippen molar-refractivity contribution >= 4 is 5.97 Å². The molecule has 0 unspecified atom stereocenters. The summed E-state index contributed by atoms with van der Waals surface area (Å²) in [5.74, 6) is 1.67. The molecule has 0 amide bonds. The third-order valence-corrected chi connectivity index (χ3v) is 4.52. The monoisotopic (exact) mass is 222 g/mol. The van der Waals surface area contributed by atoms with Crippen LogP contribution in [0.3, 0.4) is 0 Å². The lowest BCUT2D eigenvalue weighted by Crippen LogP contribution is -2.43. The zero-order chi connectivity index (χ0) is 11.9. The molecule has 2 fully saturated rings. The Morgan fingerprint density at radius 2 is 2.12 bits per heavy atom. The Hall–Kier alpha value is -0.790. The van der Waals surface area contributed by atoms with Crippen molar-refractivity contribution in [2.75, 3.05) is 0 Å². The first-order valence-corrected chi connectivity index (χ1v) is 6.36. The van der Waals surface area contributed by atoms with Gasteiger partial charge in [-0.2, -0.15) is 0 Å². The van der Waals surface area contributed by atoms with Crippen molar-refractivity contribution in [1.82, 2.24) is 0 Å². The SMILES string of the molecule is C=C1C[C@@]2(C[C@@H](C(C)C)CC[C@H]2C)OC1=O. The molecule has 1 saturated carbocycles. The van der Waals surface area contributed by atoms with Gasteiger partial charge in [0.2, 0.25) is 0 Å². The van der Waals surface area contributed by atoms with Gasteiger partial charge in [-0.3, -0.25) is 0 Å². The van der Waals surface area contributed by atoms with E-state index in [1.807, 2.05) is 0 Å². The van der Waals surface area contributed by atoms with E-state index in [4.69, 9.17) is 4.74 Å². The van der Waals surface area contributed by atoms with Crippen LogP contribution in [0.2, 0.25) is 0 Å². The van der Waals surface area contributed by atoms with E-state index in [-0.39, 0.29) is 11.6 Å². The maximum absolute atomic E-state index is 11.5. The van der Waals surface area contributed by atoms with Gasteiger partial charge in [-0.1, -0.05) is 27.4 Å². The summed E-state index contributed by atoms with van der Waals surface area (Å²) in [5, 5.41) is 0. The van der Waals surface area contributed by atoms with E-state index in [0.717, 1.165) is 12.8 Å². The fourth-order valence-corrected chi connectivity index (χ4v) is 3.16. The number of rotatable bonds is 1. The summed E-state index contributed by atoms with van der Waals surface area (Å²) in [6.07, 6.45) is 4.21. The molecule has 0 aromatic rings. The molecule has 0 bridgehead atoms. The molecule has 1 spiro atoms. The Labute approximate surface area is 98.1 Å². The highest BCUT2D eigenvalue weighted by atomic mass is 16.6. The Bertz CT molecular complexity index is 301. The molecule has 0 aromatic heterocycles. The average Bonchev–Trinajstić information content (AvgIpc) is 2.48. The van der Waals surface area contributed by atoms with Gasteiger partial charge in [-0.15, -0.1) is 0 Å². The minimum absolute atomic E-state index is 0.170. The van der Waals surface area contributed by atoms with Gasteiger partial charge in [0.15, 0.2) is 0 Å². The summed E-state index contributed by atoms with van der Waals surface area (Å²) >= 11 is 0. The maximum atomic E-state index is 11.5. The highest BCUT2D eigenvalue weighted by Crippen LogP contribution is 2.48. The van der Waals surface area contributed by atoms with E-state index >= 15 is 0 Å². The van der Waals surface area contributed by atoms with Crippen LogP contribution in [0, 0.1) is 17.8 Å². The fraction of sp³-hybridized carbons (Fsp3) is 0.786. The standard InChI is InChI=1S/C14H22O2/c1-9(2)12-6-5-11(4)14(8-12)7-10(3)13(15)16-14/h9,11-12H,3,5-8H2,1-2,4H3/t11-,12+,14+/m1/s1. The molecule has 3 atom stereocenters. The van der Waals surface area contributed by atoms with Crippen LogP contribution < -0.4 is 0 Å². The Morgan fingerprint density at radius 3 is 2.62 bits per heavy atom. The van der Waals surface area contributed by atoms with Crippen LogP contribution in [-0.2, 0) is 9.53 Å². The van der Waals surface area contributed by atoms with Crippen LogP contribution in [0.1, 0.15) is 46.5 Å². The molecular formula is C14H22O2. The van der Waals surface area contributed by atoms with Crippen LogP contribution >= 0.6 is 0 Å². The van der Waals surface area contributed by atoms with Crippen LogP contribution in [-0.4, -0.2) is 11.6 Å². The lowest BCUT2D eigenvalue weighted by atomic mass is 9.67. The average molecular weight is 222 g/mol. The van der Waals surface area contributed by atoms with Crippen molar-refractivity contribution in [1.29, 1.82) is 0 Å².